The van der Waals surface area contributed by atoms with Crippen molar-refractivity contribution in [2.24, 2.45) is 0 Å². The van der Waals surface area contributed by atoms with Crippen molar-refractivity contribution < 1.29 is 9.53 Å². The molecule has 2 unspecified atom stereocenters. The van der Waals surface area contributed by atoms with E-state index in [9.17, 15) is 4.79 Å². The number of fused-ring (bicyclic) bond motifs is 2. The van der Waals surface area contributed by atoms with E-state index in [1.807, 2.05) is 6.92 Å². The molecule has 2 aliphatic heterocycles. The van der Waals surface area contributed by atoms with Gasteiger partial charge in [-0.25, -0.2) is 0 Å². The number of carbonyl (C=O) groups is 1. The van der Waals surface area contributed by atoms with Gasteiger partial charge >= 0.3 is 0 Å². The monoisotopic (exact) mass is 450 g/mol. The normalized spacial score (nSPS) is 24.7. The predicted molar refractivity (Wildman–Crippen MR) is 117 cm³/mol. The molecule has 2 heterocycles. The van der Waals surface area contributed by atoms with Crippen molar-refractivity contribution in [2.45, 2.75) is 54.8 Å². The number of halogens is 3. The topological polar surface area (TPSA) is 41.6 Å². The fourth-order valence-electron chi connectivity index (χ4n) is 3.76. The minimum atomic E-state index is -0.280. The Bertz CT molecular complexity index is 665. The van der Waals surface area contributed by atoms with Gasteiger partial charge in [0.15, 0.2) is 0 Å². The molecule has 8 heteroatoms. The van der Waals surface area contributed by atoms with Crippen molar-refractivity contribution in [1.82, 2.24) is 4.90 Å². The summed E-state index contributed by atoms with van der Waals surface area (Å²) in [5.74, 6) is -0.280. The van der Waals surface area contributed by atoms with Gasteiger partial charge in [-0.15, -0.1) is 24.2 Å². The molecule has 2 saturated heterocycles. The predicted octanol–water partition coefficient (Wildman–Crippen LogP) is 5.62. The van der Waals surface area contributed by atoms with Crippen molar-refractivity contribution in [1.29, 1.82) is 0 Å². The van der Waals surface area contributed by atoms with Gasteiger partial charge in [-0.1, -0.05) is 23.2 Å². The fourth-order valence-corrected chi connectivity index (χ4v) is 5.83. The second kappa shape index (κ2) is 10.3. The van der Waals surface area contributed by atoms with E-state index in [-0.39, 0.29) is 18.3 Å². The van der Waals surface area contributed by atoms with E-state index in [0.29, 0.717) is 39.7 Å². The van der Waals surface area contributed by atoms with Crippen molar-refractivity contribution in [3.05, 3.63) is 34.5 Å². The van der Waals surface area contributed by atoms with Crippen LogP contribution in [0, 0.1) is 0 Å². The van der Waals surface area contributed by atoms with E-state index in [2.05, 4.69) is 17.3 Å². The third-order valence-electron chi connectivity index (χ3n) is 5.09. The highest BCUT2D eigenvalue weighted by Gasteiger charge is 2.39. The van der Waals surface area contributed by atoms with Gasteiger partial charge in [0, 0.05) is 34.0 Å². The van der Waals surface area contributed by atoms with Gasteiger partial charge in [0.05, 0.1) is 22.9 Å². The first-order valence-corrected chi connectivity index (χ1v) is 10.6. The maximum Gasteiger partial charge on any atom is 0.251 e. The summed E-state index contributed by atoms with van der Waals surface area (Å²) in [5, 5.41) is 4.45. The Morgan fingerprint density at radius 2 is 1.89 bits per heavy atom. The average molecular weight is 452 g/mol. The second-order valence-electron chi connectivity index (χ2n) is 6.78. The van der Waals surface area contributed by atoms with Crippen LogP contribution < -0.4 is 5.32 Å². The summed E-state index contributed by atoms with van der Waals surface area (Å²) in [6.07, 6.45) is 7.63. The number of thioether (sulfide) groups is 1. The Kier molecular flexibility index (Phi) is 8.63. The van der Waals surface area contributed by atoms with Crippen LogP contribution in [-0.4, -0.2) is 41.8 Å². The minimum absolute atomic E-state index is 0. The van der Waals surface area contributed by atoms with Crippen LogP contribution in [0.4, 0.5) is 5.69 Å². The number of nitrogens with one attached hydrogen (secondary N) is 1. The molecule has 3 rings (SSSR count). The number of amides is 1. The lowest BCUT2D eigenvalue weighted by atomic mass is 10.0. The lowest BCUT2D eigenvalue weighted by Crippen LogP contribution is -2.40. The molecule has 1 amide bonds. The number of benzene rings is 1. The molecule has 150 valence electrons. The molecular weight excluding hydrogens is 427 g/mol. The zero-order valence-corrected chi connectivity index (χ0v) is 18.6. The minimum Gasteiger partial charge on any atom is -0.501 e. The van der Waals surface area contributed by atoms with Crippen molar-refractivity contribution in [3.8, 4) is 0 Å². The molecule has 1 aromatic rings. The molecule has 1 N–H and O–H groups in total. The van der Waals surface area contributed by atoms with Crippen molar-refractivity contribution in [2.75, 3.05) is 19.0 Å². The summed E-state index contributed by atoms with van der Waals surface area (Å²) in [7, 11) is 2.24. The standard InChI is InChI=1S/C19H24Cl2N2O2S.ClH/c1-3-25-7-6-18(24)22-12-8-16(20)19(17(21)9-12)26-15-10-13-4-5-14(11-15)23(13)2;/h6-9,13-15H,3-5,10-11H2,1-2H3,(H,22,24);1H/b7-6+;. The molecule has 2 aliphatic rings. The van der Waals surface area contributed by atoms with Crippen LogP contribution in [0.5, 0.6) is 0 Å². The van der Waals surface area contributed by atoms with E-state index >= 15 is 0 Å². The third-order valence-corrected chi connectivity index (χ3v) is 7.30. The van der Waals surface area contributed by atoms with E-state index in [0.717, 1.165) is 4.90 Å². The molecule has 27 heavy (non-hydrogen) atoms. The lowest BCUT2D eigenvalue weighted by molar-refractivity contribution is -0.112. The number of carbonyl (C=O) groups excluding carboxylic acids is 1. The molecule has 2 bridgehead atoms. The van der Waals surface area contributed by atoms with Gasteiger partial charge in [0.25, 0.3) is 5.91 Å². The first-order chi connectivity index (χ1) is 12.5. The van der Waals surface area contributed by atoms with Crippen LogP contribution in [0.2, 0.25) is 10.0 Å². The summed E-state index contributed by atoms with van der Waals surface area (Å²) in [5.41, 5.74) is 0.582. The number of anilines is 1. The van der Waals surface area contributed by atoms with Gasteiger partial charge in [0.1, 0.15) is 0 Å². The van der Waals surface area contributed by atoms with Crippen LogP contribution in [0.15, 0.2) is 29.4 Å². The number of hydrogen-bond acceptors (Lipinski definition) is 4. The van der Waals surface area contributed by atoms with Crippen LogP contribution in [0.25, 0.3) is 0 Å². The molecule has 0 radical (unpaired) electrons. The SMILES string of the molecule is CCO/C=C/C(=O)Nc1cc(Cl)c(SC2CC3CCC(C2)N3C)c(Cl)c1.Cl. The molecule has 2 atom stereocenters. The van der Waals surface area contributed by atoms with Crippen LogP contribution in [0.1, 0.15) is 32.6 Å². The summed E-state index contributed by atoms with van der Waals surface area (Å²) < 4.78 is 5.02. The number of nitrogens with zero attached hydrogens (tertiary/aromatic N) is 1. The van der Waals surface area contributed by atoms with E-state index in [4.69, 9.17) is 27.9 Å². The molecule has 1 aromatic carbocycles. The summed E-state index contributed by atoms with van der Waals surface area (Å²) in [6.45, 7) is 2.37. The second-order valence-corrected chi connectivity index (χ2v) is 8.90. The van der Waals surface area contributed by atoms with E-state index < -0.39 is 0 Å². The first-order valence-electron chi connectivity index (χ1n) is 8.94. The molecule has 0 spiro atoms. The van der Waals surface area contributed by atoms with Crippen molar-refractivity contribution in [3.63, 3.8) is 0 Å². The number of piperidine rings is 1. The van der Waals surface area contributed by atoms with Crippen LogP contribution in [0.3, 0.4) is 0 Å². The Morgan fingerprint density at radius 1 is 1.30 bits per heavy atom. The number of rotatable bonds is 6. The van der Waals surface area contributed by atoms with E-state index in [1.54, 1.807) is 23.9 Å². The summed E-state index contributed by atoms with van der Waals surface area (Å²) in [4.78, 5) is 15.3. The van der Waals surface area contributed by atoms with Crippen molar-refractivity contribution >= 4 is 59.0 Å². The Morgan fingerprint density at radius 3 is 2.44 bits per heavy atom. The maximum absolute atomic E-state index is 11.8. The molecule has 0 aliphatic carbocycles. The Hall–Kier alpha value is -0.590. The summed E-state index contributed by atoms with van der Waals surface area (Å²) in [6, 6.07) is 4.87. The molecule has 0 saturated carbocycles. The van der Waals surface area contributed by atoms with E-state index in [1.165, 1.54) is 38.0 Å². The van der Waals surface area contributed by atoms with Crippen LogP contribution >= 0.6 is 47.4 Å². The fraction of sp³-hybridized carbons (Fsp3) is 0.526. The Labute approximate surface area is 181 Å². The third kappa shape index (κ3) is 5.70. The highest BCUT2D eigenvalue weighted by molar-refractivity contribution is 8.00. The first kappa shape index (κ1) is 22.7. The lowest BCUT2D eigenvalue weighted by Gasteiger charge is -2.36. The van der Waals surface area contributed by atoms with Gasteiger partial charge in [-0.2, -0.15) is 0 Å². The van der Waals surface area contributed by atoms with Gasteiger partial charge in [0.2, 0.25) is 0 Å². The molecule has 2 fully saturated rings. The van der Waals surface area contributed by atoms with Gasteiger partial charge in [-0.3, -0.25) is 4.79 Å². The quantitative estimate of drug-likeness (QED) is 0.450. The van der Waals surface area contributed by atoms with Gasteiger partial charge in [-0.05, 0) is 51.8 Å². The highest BCUT2D eigenvalue weighted by Crippen LogP contribution is 2.45. The molecule has 0 aromatic heterocycles. The molecule has 4 nitrogen and oxygen atoms in total. The zero-order chi connectivity index (χ0) is 18.7. The zero-order valence-electron chi connectivity index (χ0n) is 15.4. The number of ether oxygens (including phenoxy) is 1. The van der Waals surface area contributed by atoms with Gasteiger partial charge < -0.3 is 15.0 Å². The Balaban J connectivity index is 0.00000261. The number of hydrogen-bond donors (Lipinski definition) is 1. The molecular formula is C19H25Cl3N2O2S. The van der Waals surface area contributed by atoms with Crippen LogP contribution in [-0.2, 0) is 9.53 Å². The highest BCUT2D eigenvalue weighted by atomic mass is 35.5. The summed E-state index contributed by atoms with van der Waals surface area (Å²) >= 11 is 14.7. The smallest absolute Gasteiger partial charge is 0.251 e. The maximum atomic E-state index is 11.8. The average Bonchev–Trinajstić information content (AvgIpc) is 2.80. The largest absolute Gasteiger partial charge is 0.501 e.